The van der Waals surface area contributed by atoms with Crippen LogP contribution in [0.4, 0.5) is 5.82 Å². The first kappa shape index (κ1) is 14.7. The molecule has 0 radical (unpaired) electrons. The number of anilines is 1. The Morgan fingerprint density at radius 1 is 1.18 bits per heavy atom. The van der Waals surface area contributed by atoms with Gasteiger partial charge < -0.3 is 10.5 Å². The summed E-state index contributed by atoms with van der Waals surface area (Å²) in [7, 11) is 0. The van der Waals surface area contributed by atoms with E-state index in [1.165, 1.54) is 38.7 Å². The van der Waals surface area contributed by atoms with Crippen LogP contribution in [0.15, 0.2) is 30.6 Å². The average molecular weight is 299 g/mol. The normalized spacial score (nSPS) is 15.6. The second-order valence-electron chi connectivity index (χ2n) is 5.47. The van der Waals surface area contributed by atoms with Crippen LogP contribution in [0.1, 0.15) is 19.3 Å². The number of likely N-dealkylation sites (tertiary alicyclic amines) is 1. The largest absolute Gasteiger partial charge is 0.492 e. The Kier molecular flexibility index (Phi) is 4.80. The molecule has 1 fully saturated rings. The van der Waals surface area contributed by atoms with Crippen LogP contribution < -0.4 is 10.5 Å². The molecule has 2 heterocycles. The molecular formula is C16H21N5O. The van der Waals surface area contributed by atoms with Gasteiger partial charge in [0.1, 0.15) is 24.4 Å². The highest BCUT2D eigenvalue weighted by atomic mass is 16.5. The third kappa shape index (κ3) is 3.71. The molecule has 2 aromatic rings. The van der Waals surface area contributed by atoms with Gasteiger partial charge in [0.25, 0.3) is 0 Å². The van der Waals surface area contributed by atoms with Crippen molar-refractivity contribution in [1.82, 2.24) is 20.1 Å². The van der Waals surface area contributed by atoms with E-state index in [0.717, 1.165) is 17.9 Å². The Labute approximate surface area is 130 Å². The summed E-state index contributed by atoms with van der Waals surface area (Å²) in [5, 5.41) is 7.83. The fourth-order valence-electron chi connectivity index (χ4n) is 2.70. The first-order chi connectivity index (χ1) is 10.8. The molecule has 0 unspecified atom stereocenters. The highest BCUT2D eigenvalue weighted by Gasteiger charge is 2.10. The molecule has 1 aliphatic heterocycles. The van der Waals surface area contributed by atoms with Crippen LogP contribution in [-0.4, -0.2) is 46.3 Å². The molecule has 0 saturated carbocycles. The molecule has 3 rings (SSSR count). The molecule has 0 spiro atoms. The van der Waals surface area contributed by atoms with Crippen molar-refractivity contribution >= 4 is 5.82 Å². The van der Waals surface area contributed by atoms with Crippen molar-refractivity contribution in [2.45, 2.75) is 19.3 Å². The van der Waals surface area contributed by atoms with E-state index in [4.69, 9.17) is 10.5 Å². The van der Waals surface area contributed by atoms with Crippen LogP contribution in [0, 0.1) is 0 Å². The molecule has 0 bridgehead atoms. The van der Waals surface area contributed by atoms with Gasteiger partial charge in [0, 0.05) is 12.1 Å². The van der Waals surface area contributed by atoms with Gasteiger partial charge in [0.2, 0.25) is 0 Å². The molecule has 2 N–H and O–H groups in total. The number of piperidine rings is 1. The minimum atomic E-state index is 0.375. The molecular weight excluding hydrogens is 278 g/mol. The third-order valence-electron chi connectivity index (χ3n) is 3.88. The zero-order valence-electron chi connectivity index (χ0n) is 12.6. The maximum Gasteiger partial charge on any atom is 0.153 e. The fraction of sp³-hybridized carbons (Fsp3) is 0.438. The van der Waals surface area contributed by atoms with Crippen molar-refractivity contribution in [3.05, 3.63) is 30.6 Å². The van der Waals surface area contributed by atoms with E-state index >= 15 is 0 Å². The lowest BCUT2D eigenvalue weighted by atomic mass is 10.1. The average Bonchev–Trinajstić information content (AvgIpc) is 2.57. The molecule has 22 heavy (non-hydrogen) atoms. The predicted octanol–water partition coefficient (Wildman–Crippen LogP) is 1.99. The van der Waals surface area contributed by atoms with Gasteiger partial charge >= 0.3 is 0 Å². The van der Waals surface area contributed by atoms with Gasteiger partial charge in [0.15, 0.2) is 5.82 Å². The third-order valence-corrected chi connectivity index (χ3v) is 3.88. The van der Waals surface area contributed by atoms with Crippen molar-refractivity contribution in [1.29, 1.82) is 0 Å². The minimum absolute atomic E-state index is 0.375. The van der Waals surface area contributed by atoms with Crippen molar-refractivity contribution in [2.24, 2.45) is 0 Å². The predicted molar refractivity (Wildman–Crippen MR) is 85.5 cm³/mol. The van der Waals surface area contributed by atoms with E-state index in [0.29, 0.717) is 18.1 Å². The molecule has 0 aliphatic carbocycles. The molecule has 0 atom stereocenters. The number of hydrogen-bond donors (Lipinski definition) is 1. The minimum Gasteiger partial charge on any atom is -0.492 e. The van der Waals surface area contributed by atoms with Crippen LogP contribution in [0.3, 0.4) is 0 Å². The lowest BCUT2D eigenvalue weighted by molar-refractivity contribution is 0.183. The number of ether oxygens (including phenoxy) is 1. The van der Waals surface area contributed by atoms with Crippen LogP contribution in [0.5, 0.6) is 5.75 Å². The molecule has 1 saturated heterocycles. The zero-order chi connectivity index (χ0) is 15.2. The van der Waals surface area contributed by atoms with Gasteiger partial charge in [-0.1, -0.05) is 18.6 Å². The van der Waals surface area contributed by atoms with Gasteiger partial charge in [-0.15, -0.1) is 10.2 Å². The van der Waals surface area contributed by atoms with Gasteiger partial charge in [0.05, 0.1) is 0 Å². The van der Waals surface area contributed by atoms with E-state index in [9.17, 15) is 0 Å². The number of rotatable bonds is 5. The van der Waals surface area contributed by atoms with Crippen LogP contribution in [0.25, 0.3) is 11.3 Å². The fourth-order valence-corrected chi connectivity index (χ4v) is 2.70. The maximum absolute atomic E-state index is 5.86. The molecule has 1 aromatic heterocycles. The summed E-state index contributed by atoms with van der Waals surface area (Å²) in [4.78, 5) is 6.42. The standard InChI is InChI=1S/C16H21N5O/c17-16-15(20-19-12-18-16)13-5-4-6-14(11-13)22-10-9-21-7-2-1-3-8-21/h4-6,11-12H,1-3,7-10H2,(H2,17,18,19). The maximum atomic E-state index is 5.86. The lowest BCUT2D eigenvalue weighted by Gasteiger charge is -2.26. The number of aromatic nitrogens is 3. The van der Waals surface area contributed by atoms with Gasteiger partial charge in [-0.25, -0.2) is 4.98 Å². The lowest BCUT2D eigenvalue weighted by Crippen LogP contribution is -2.33. The second kappa shape index (κ2) is 7.17. The summed E-state index contributed by atoms with van der Waals surface area (Å²) >= 11 is 0. The Morgan fingerprint density at radius 2 is 2.05 bits per heavy atom. The highest BCUT2D eigenvalue weighted by molar-refractivity contribution is 5.69. The van der Waals surface area contributed by atoms with Crippen molar-refractivity contribution < 1.29 is 4.74 Å². The highest BCUT2D eigenvalue weighted by Crippen LogP contribution is 2.24. The number of nitrogens with two attached hydrogens (primary N) is 1. The smallest absolute Gasteiger partial charge is 0.153 e. The summed E-state index contributed by atoms with van der Waals surface area (Å²) in [5.74, 6) is 1.19. The number of nitrogens with zero attached hydrogens (tertiary/aromatic N) is 4. The summed E-state index contributed by atoms with van der Waals surface area (Å²) in [6, 6.07) is 7.73. The van der Waals surface area contributed by atoms with Crippen LogP contribution in [0.2, 0.25) is 0 Å². The summed E-state index contributed by atoms with van der Waals surface area (Å²) in [6.07, 6.45) is 5.30. The quantitative estimate of drug-likeness (QED) is 0.909. The molecule has 6 heteroatoms. The monoisotopic (exact) mass is 299 g/mol. The first-order valence-electron chi connectivity index (χ1n) is 7.72. The van der Waals surface area contributed by atoms with E-state index in [1.54, 1.807) is 0 Å². The van der Waals surface area contributed by atoms with Gasteiger partial charge in [-0.3, -0.25) is 4.90 Å². The molecule has 0 amide bonds. The molecule has 6 nitrogen and oxygen atoms in total. The zero-order valence-corrected chi connectivity index (χ0v) is 12.6. The SMILES string of the molecule is Nc1ncnnc1-c1cccc(OCCN2CCCCC2)c1. The van der Waals surface area contributed by atoms with E-state index < -0.39 is 0 Å². The van der Waals surface area contributed by atoms with Crippen LogP contribution >= 0.6 is 0 Å². The number of hydrogen-bond acceptors (Lipinski definition) is 6. The van der Waals surface area contributed by atoms with Gasteiger partial charge in [-0.2, -0.15) is 0 Å². The van der Waals surface area contributed by atoms with Crippen molar-refractivity contribution in [3.63, 3.8) is 0 Å². The Morgan fingerprint density at radius 3 is 2.86 bits per heavy atom. The van der Waals surface area contributed by atoms with Crippen molar-refractivity contribution in [2.75, 3.05) is 32.0 Å². The summed E-state index contributed by atoms with van der Waals surface area (Å²) in [6.45, 7) is 4.03. The second-order valence-corrected chi connectivity index (χ2v) is 5.47. The topological polar surface area (TPSA) is 77.2 Å². The van der Waals surface area contributed by atoms with E-state index in [1.807, 2.05) is 24.3 Å². The number of nitrogen functional groups attached to an aromatic ring is 1. The Hall–Kier alpha value is -2.21. The number of benzene rings is 1. The molecule has 116 valence electrons. The Balaban J connectivity index is 1.60. The summed E-state index contributed by atoms with van der Waals surface area (Å²) < 4.78 is 5.86. The summed E-state index contributed by atoms with van der Waals surface area (Å²) in [5.41, 5.74) is 7.30. The van der Waals surface area contributed by atoms with Gasteiger partial charge in [-0.05, 0) is 38.1 Å². The van der Waals surface area contributed by atoms with E-state index in [2.05, 4.69) is 20.1 Å². The van der Waals surface area contributed by atoms with Crippen LogP contribution in [-0.2, 0) is 0 Å². The van der Waals surface area contributed by atoms with E-state index in [-0.39, 0.29) is 0 Å². The molecule has 1 aromatic carbocycles. The first-order valence-corrected chi connectivity index (χ1v) is 7.72. The van der Waals surface area contributed by atoms with Crippen molar-refractivity contribution in [3.8, 4) is 17.0 Å². The molecule has 1 aliphatic rings. The Bertz CT molecular complexity index is 613.